The van der Waals surface area contributed by atoms with Crippen LogP contribution in [0.4, 0.5) is 0 Å². The molecule has 1 atom stereocenters. The Morgan fingerprint density at radius 3 is 1.83 bits per heavy atom. The summed E-state index contributed by atoms with van der Waals surface area (Å²) in [5.74, 6) is 0.598. The average Bonchev–Trinajstić information content (AvgIpc) is 2.76. The van der Waals surface area contributed by atoms with Gasteiger partial charge < -0.3 is 5.32 Å². The minimum absolute atomic E-state index is 0.263. The summed E-state index contributed by atoms with van der Waals surface area (Å²) < 4.78 is 0. The zero-order valence-corrected chi connectivity index (χ0v) is 19.5. The average molecular weight is 412 g/mol. The third-order valence-electron chi connectivity index (χ3n) is 6.40. The molecule has 2 rings (SSSR count). The lowest BCUT2D eigenvalue weighted by Gasteiger charge is -2.23. The van der Waals surface area contributed by atoms with Gasteiger partial charge in [0.05, 0.1) is 0 Å². The molecule has 0 heterocycles. The van der Waals surface area contributed by atoms with E-state index in [9.17, 15) is 4.79 Å². The zero-order valence-electron chi connectivity index (χ0n) is 19.5. The summed E-state index contributed by atoms with van der Waals surface area (Å²) >= 11 is 0. The van der Waals surface area contributed by atoms with Gasteiger partial charge in [0.2, 0.25) is 0 Å². The SMILES string of the molecule is CCCCCCCCCCCCCCCCNC1=CC(=O)CC(c2ccccc2)C1. The molecule has 1 aromatic carbocycles. The monoisotopic (exact) mass is 411 g/mol. The molecule has 0 saturated heterocycles. The molecule has 0 bridgehead atoms. The molecule has 0 radical (unpaired) electrons. The van der Waals surface area contributed by atoms with Crippen molar-refractivity contribution in [2.45, 2.75) is 116 Å². The Kier molecular flexibility index (Phi) is 13.3. The van der Waals surface area contributed by atoms with Crippen LogP contribution < -0.4 is 5.32 Å². The fourth-order valence-electron chi connectivity index (χ4n) is 4.55. The van der Waals surface area contributed by atoms with Crippen molar-refractivity contribution in [3.8, 4) is 0 Å². The smallest absolute Gasteiger partial charge is 0.158 e. The fourth-order valence-corrected chi connectivity index (χ4v) is 4.55. The van der Waals surface area contributed by atoms with Crippen LogP contribution in [0.25, 0.3) is 0 Å². The van der Waals surface area contributed by atoms with E-state index in [1.165, 1.54) is 95.5 Å². The molecular weight excluding hydrogens is 366 g/mol. The van der Waals surface area contributed by atoms with Gasteiger partial charge in [-0.3, -0.25) is 4.79 Å². The van der Waals surface area contributed by atoms with Crippen LogP contribution in [0.5, 0.6) is 0 Å². The molecule has 30 heavy (non-hydrogen) atoms. The van der Waals surface area contributed by atoms with E-state index in [2.05, 4.69) is 36.5 Å². The van der Waals surface area contributed by atoms with Crippen LogP contribution in [0.3, 0.4) is 0 Å². The van der Waals surface area contributed by atoms with Gasteiger partial charge in [-0.15, -0.1) is 0 Å². The molecule has 0 aromatic heterocycles. The standard InChI is InChI=1S/C28H45NO/c1-2-3-4-5-6-7-8-9-10-11-12-13-14-18-21-29-27-22-26(23-28(30)24-27)25-19-16-15-17-20-25/h15-17,19-20,24,26,29H,2-14,18,21-23H2,1H3. The predicted octanol–water partition coefficient (Wildman–Crippen LogP) is 8.09. The largest absolute Gasteiger partial charge is 0.388 e. The topological polar surface area (TPSA) is 29.1 Å². The highest BCUT2D eigenvalue weighted by Crippen LogP contribution is 2.30. The van der Waals surface area contributed by atoms with Crippen LogP contribution in [-0.4, -0.2) is 12.3 Å². The molecule has 168 valence electrons. The molecule has 1 aromatic rings. The van der Waals surface area contributed by atoms with E-state index in [0.717, 1.165) is 18.7 Å². The first kappa shape index (κ1) is 24.7. The molecule has 0 saturated carbocycles. The predicted molar refractivity (Wildman–Crippen MR) is 130 cm³/mol. The van der Waals surface area contributed by atoms with Crippen LogP contribution in [0.2, 0.25) is 0 Å². The molecule has 1 unspecified atom stereocenters. The van der Waals surface area contributed by atoms with Crippen molar-refractivity contribution in [2.24, 2.45) is 0 Å². The Labute approximate surface area is 185 Å². The number of ketones is 1. The molecule has 1 N–H and O–H groups in total. The Morgan fingerprint density at radius 2 is 1.27 bits per heavy atom. The van der Waals surface area contributed by atoms with Crippen molar-refractivity contribution in [1.29, 1.82) is 0 Å². The summed E-state index contributed by atoms with van der Waals surface area (Å²) in [6, 6.07) is 10.5. The number of allylic oxidation sites excluding steroid dienone is 2. The Morgan fingerprint density at radius 1 is 0.733 bits per heavy atom. The third-order valence-corrected chi connectivity index (χ3v) is 6.40. The molecular formula is C28H45NO. The number of benzene rings is 1. The second kappa shape index (κ2) is 16.2. The van der Waals surface area contributed by atoms with Crippen molar-refractivity contribution >= 4 is 5.78 Å². The highest BCUT2D eigenvalue weighted by Gasteiger charge is 2.21. The van der Waals surface area contributed by atoms with E-state index in [-0.39, 0.29) is 5.78 Å². The van der Waals surface area contributed by atoms with Gasteiger partial charge in [-0.05, 0) is 24.3 Å². The Balaban J connectivity index is 1.42. The van der Waals surface area contributed by atoms with Crippen molar-refractivity contribution < 1.29 is 4.79 Å². The number of nitrogens with one attached hydrogen (secondary N) is 1. The molecule has 2 heteroatoms. The zero-order chi connectivity index (χ0) is 21.3. The van der Waals surface area contributed by atoms with E-state index >= 15 is 0 Å². The van der Waals surface area contributed by atoms with Gasteiger partial charge in [0.15, 0.2) is 5.78 Å². The van der Waals surface area contributed by atoms with Crippen molar-refractivity contribution in [1.82, 2.24) is 5.32 Å². The summed E-state index contributed by atoms with van der Waals surface area (Å²) in [6.07, 6.45) is 22.9. The van der Waals surface area contributed by atoms with Crippen LogP contribution in [0, 0.1) is 0 Å². The summed E-state index contributed by atoms with van der Waals surface area (Å²) in [4.78, 5) is 12.1. The molecule has 0 spiro atoms. The summed E-state index contributed by atoms with van der Waals surface area (Å²) in [7, 11) is 0. The van der Waals surface area contributed by atoms with Crippen molar-refractivity contribution in [3.63, 3.8) is 0 Å². The van der Waals surface area contributed by atoms with Crippen LogP contribution in [0.1, 0.15) is 121 Å². The Bertz CT molecular complexity index is 592. The van der Waals surface area contributed by atoms with E-state index in [1.807, 2.05) is 12.1 Å². The van der Waals surface area contributed by atoms with Crippen LogP contribution in [0.15, 0.2) is 42.1 Å². The first-order chi connectivity index (χ1) is 14.8. The van der Waals surface area contributed by atoms with Crippen LogP contribution >= 0.6 is 0 Å². The Hall–Kier alpha value is -1.57. The number of unbranched alkanes of at least 4 members (excludes halogenated alkanes) is 13. The highest BCUT2D eigenvalue weighted by molar-refractivity contribution is 5.91. The highest BCUT2D eigenvalue weighted by atomic mass is 16.1. The first-order valence-corrected chi connectivity index (χ1v) is 12.8. The lowest BCUT2D eigenvalue weighted by atomic mass is 9.85. The van der Waals surface area contributed by atoms with Gasteiger partial charge >= 0.3 is 0 Å². The molecule has 0 amide bonds. The molecule has 1 aliphatic rings. The maximum absolute atomic E-state index is 12.1. The van der Waals surface area contributed by atoms with Crippen molar-refractivity contribution in [3.05, 3.63) is 47.7 Å². The summed E-state index contributed by atoms with van der Waals surface area (Å²) in [6.45, 7) is 3.28. The fraction of sp³-hybridized carbons (Fsp3) is 0.679. The van der Waals surface area contributed by atoms with Gasteiger partial charge in [0.25, 0.3) is 0 Å². The second-order valence-corrected chi connectivity index (χ2v) is 9.17. The number of carbonyl (C=O) groups excluding carboxylic acids is 1. The van der Waals surface area contributed by atoms with Gasteiger partial charge in [0, 0.05) is 24.7 Å². The molecule has 2 nitrogen and oxygen atoms in total. The summed E-state index contributed by atoms with van der Waals surface area (Å²) in [5, 5.41) is 3.54. The normalized spacial score (nSPS) is 16.5. The van der Waals surface area contributed by atoms with E-state index in [1.54, 1.807) is 0 Å². The molecule has 0 aliphatic heterocycles. The van der Waals surface area contributed by atoms with E-state index < -0.39 is 0 Å². The minimum atomic E-state index is 0.263. The van der Waals surface area contributed by atoms with Crippen molar-refractivity contribution in [2.75, 3.05) is 6.54 Å². The van der Waals surface area contributed by atoms with Gasteiger partial charge in [0.1, 0.15) is 0 Å². The lowest BCUT2D eigenvalue weighted by Crippen LogP contribution is -2.22. The number of carbonyl (C=O) groups is 1. The molecule has 1 aliphatic carbocycles. The van der Waals surface area contributed by atoms with E-state index in [4.69, 9.17) is 0 Å². The lowest BCUT2D eigenvalue weighted by molar-refractivity contribution is -0.115. The van der Waals surface area contributed by atoms with Gasteiger partial charge in [-0.25, -0.2) is 0 Å². The maximum Gasteiger partial charge on any atom is 0.158 e. The molecule has 0 fully saturated rings. The first-order valence-electron chi connectivity index (χ1n) is 12.8. The van der Waals surface area contributed by atoms with Gasteiger partial charge in [-0.2, -0.15) is 0 Å². The number of hydrogen-bond acceptors (Lipinski definition) is 2. The van der Waals surface area contributed by atoms with Gasteiger partial charge in [-0.1, -0.05) is 121 Å². The second-order valence-electron chi connectivity index (χ2n) is 9.17. The maximum atomic E-state index is 12.1. The van der Waals surface area contributed by atoms with E-state index in [0.29, 0.717) is 12.3 Å². The number of hydrogen-bond donors (Lipinski definition) is 1. The minimum Gasteiger partial charge on any atom is -0.388 e. The van der Waals surface area contributed by atoms with Crippen LogP contribution in [-0.2, 0) is 4.79 Å². The third kappa shape index (κ3) is 11.0. The summed E-state index contributed by atoms with van der Waals surface area (Å²) in [5.41, 5.74) is 2.42. The quantitative estimate of drug-likeness (QED) is 0.262. The number of rotatable bonds is 17.